The second-order valence-corrected chi connectivity index (χ2v) is 3.86. The van der Waals surface area contributed by atoms with Gasteiger partial charge in [-0.3, -0.25) is 4.79 Å². The zero-order valence-corrected chi connectivity index (χ0v) is 8.60. The Morgan fingerprint density at radius 2 is 2.62 bits per heavy atom. The van der Waals surface area contributed by atoms with Crippen molar-refractivity contribution in [3.63, 3.8) is 0 Å². The first-order valence-corrected chi connectivity index (χ1v) is 5.47. The minimum Gasteiger partial charge on any atom is -0.348 e. The molecule has 0 aliphatic carbocycles. The monoisotopic (exact) mass is 219 g/mol. The maximum Gasteiger partial charge on any atom is 0.234 e. The predicted molar refractivity (Wildman–Crippen MR) is 52.1 cm³/mol. The van der Waals surface area contributed by atoms with Gasteiger partial charge in [-0.2, -0.15) is 0 Å². The molecule has 1 amide bonds. The molecule has 0 aromatic carbocycles. The van der Waals surface area contributed by atoms with E-state index in [0.29, 0.717) is 12.4 Å². The van der Waals surface area contributed by atoms with Gasteiger partial charge in [-0.25, -0.2) is 5.10 Å². The SMILES string of the molecule is CC(SS)C(=O)NCc1nnn[nH]1. The van der Waals surface area contributed by atoms with Crippen molar-refractivity contribution < 1.29 is 4.79 Å². The summed E-state index contributed by atoms with van der Waals surface area (Å²) in [4.78, 5) is 11.2. The van der Waals surface area contributed by atoms with Crippen LogP contribution >= 0.6 is 22.5 Å². The Labute approximate surface area is 84.1 Å². The fourth-order valence-electron chi connectivity index (χ4n) is 0.616. The van der Waals surface area contributed by atoms with Crippen LogP contribution in [0.5, 0.6) is 0 Å². The topological polar surface area (TPSA) is 83.6 Å². The Kier molecular flexibility index (Phi) is 4.03. The summed E-state index contributed by atoms with van der Waals surface area (Å²) in [5.74, 6) is 0.445. The number of amides is 1. The lowest BCUT2D eigenvalue weighted by Gasteiger charge is -2.06. The Morgan fingerprint density at radius 1 is 1.85 bits per heavy atom. The van der Waals surface area contributed by atoms with Crippen molar-refractivity contribution in [1.82, 2.24) is 25.9 Å². The number of tetrazole rings is 1. The van der Waals surface area contributed by atoms with E-state index in [-0.39, 0.29) is 11.2 Å². The van der Waals surface area contributed by atoms with E-state index in [1.165, 1.54) is 10.8 Å². The van der Waals surface area contributed by atoms with Crippen molar-refractivity contribution in [2.24, 2.45) is 0 Å². The lowest BCUT2D eigenvalue weighted by atomic mass is 10.4. The zero-order valence-electron chi connectivity index (χ0n) is 6.89. The largest absolute Gasteiger partial charge is 0.348 e. The summed E-state index contributed by atoms with van der Waals surface area (Å²) in [6.07, 6.45) is 0. The van der Waals surface area contributed by atoms with Crippen molar-refractivity contribution in [3.8, 4) is 0 Å². The number of H-pyrrole nitrogens is 1. The second-order valence-electron chi connectivity index (χ2n) is 2.31. The van der Waals surface area contributed by atoms with E-state index < -0.39 is 0 Å². The lowest BCUT2D eigenvalue weighted by molar-refractivity contribution is -0.120. The van der Waals surface area contributed by atoms with E-state index in [4.69, 9.17) is 0 Å². The third-order valence-electron chi connectivity index (χ3n) is 1.35. The van der Waals surface area contributed by atoms with Crippen LogP contribution in [0, 0.1) is 0 Å². The summed E-state index contributed by atoms with van der Waals surface area (Å²) in [6.45, 7) is 2.08. The molecule has 1 unspecified atom stereocenters. The fourth-order valence-corrected chi connectivity index (χ4v) is 1.08. The molecule has 1 heterocycles. The van der Waals surface area contributed by atoms with Crippen LogP contribution in [0.1, 0.15) is 12.7 Å². The van der Waals surface area contributed by atoms with Crippen LogP contribution in [0.2, 0.25) is 0 Å². The van der Waals surface area contributed by atoms with Crippen molar-refractivity contribution >= 4 is 28.4 Å². The van der Waals surface area contributed by atoms with Crippen molar-refractivity contribution in [1.29, 1.82) is 0 Å². The molecule has 0 bridgehead atoms. The van der Waals surface area contributed by atoms with Crippen LogP contribution < -0.4 is 5.32 Å². The molecule has 13 heavy (non-hydrogen) atoms. The van der Waals surface area contributed by atoms with Crippen LogP contribution in [-0.2, 0) is 11.3 Å². The number of nitrogens with one attached hydrogen (secondary N) is 2. The molecule has 0 fully saturated rings. The molecule has 1 atom stereocenters. The Bertz CT molecular complexity index is 264. The van der Waals surface area contributed by atoms with Crippen LogP contribution in [-0.4, -0.2) is 31.8 Å². The molecule has 1 aromatic rings. The maximum absolute atomic E-state index is 11.2. The van der Waals surface area contributed by atoms with Gasteiger partial charge < -0.3 is 5.32 Å². The summed E-state index contributed by atoms with van der Waals surface area (Å²) in [7, 11) is 1.19. The number of thiol groups is 1. The highest BCUT2D eigenvalue weighted by molar-refractivity contribution is 8.69. The van der Waals surface area contributed by atoms with E-state index in [1.54, 1.807) is 6.92 Å². The number of rotatable bonds is 4. The minimum atomic E-state index is -0.181. The smallest absolute Gasteiger partial charge is 0.234 e. The molecule has 72 valence electrons. The van der Waals surface area contributed by atoms with Crippen molar-refractivity contribution in [2.75, 3.05) is 0 Å². The number of carbonyl (C=O) groups is 1. The quantitative estimate of drug-likeness (QED) is 0.482. The van der Waals surface area contributed by atoms with Gasteiger partial charge >= 0.3 is 0 Å². The zero-order chi connectivity index (χ0) is 9.68. The second kappa shape index (κ2) is 5.07. The van der Waals surface area contributed by atoms with Gasteiger partial charge in [0.25, 0.3) is 0 Å². The molecule has 0 saturated carbocycles. The van der Waals surface area contributed by atoms with Crippen LogP contribution in [0.15, 0.2) is 0 Å². The molecule has 1 aromatic heterocycles. The number of hydrogen-bond acceptors (Lipinski definition) is 6. The third-order valence-corrected chi connectivity index (χ3v) is 2.83. The molecule has 2 N–H and O–H groups in total. The summed E-state index contributed by atoms with van der Waals surface area (Å²) < 4.78 is 0. The highest BCUT2D eigenvalue weighted by atomic mass is 33.1. The average molecular weight is 219 g/mol. The first-order chi connectivity index (χ1) is 6.24. The molecule has 0 saturated heterocycles. The molecule has 6 nitrogen and oxygen atoms in total. The maximum atomic E-state index is 11.2. The van der Waals surface area contributed by atoms with Gasteiger partial charge in [-0.1, -0.05) is 10.8 Å². The lowest BCUT2D eigenvalue weighted by Crippen LogP contribution is -2.30. The van der Waals surface area contributed by atoms with E-state index in [2.05, 4.69) is 37.6 Å². The van der Waals surface area contributed by atoms with Gasteiger partial charge in [-0.05, 0) is 17.4 Å². The third kappa shape index (κ3) is 3.23. The number of hydrogen-bond donors (Lipinski definition) is 3. The van der Waals surface area contributed by atoms with Gasteiger partial charge in [-0.15, -0.1) is 16.8 Å². The Balaban J connectivity index is 2.31. The van der Waals surface area contributed by atoms with E-state index >= 15 is 0 Å². The standard InChI is InChI=1S/C5H9N5OS2/c1-3(13-12)5(11)6-2-4-7-9-10-8-4/h3,12H,2H2,1H3,(H,6,11)(H,7,8,9,10). The number of carbonyl (C=O) groups excluding carboxylic acids is 1. The molecule has 1 rings (SSSR count). The molecule has 0 aliphatic heterocycles. The predicted octanol–water partition coefficient (Wildman–Crippen LogP) is -0.218. The highest BCUT2D eigenvalue weighted by Crippen LogP contribution is 2.13. The van der Waals surface area contributed by atoms with E-state index in [1.807, 2.05) is 0 Å². The molecule has 0 spiro atoms. The van der Waals surface area contributed by atoms with Gasteiger partial charge in [0.05, 0.1) is 11.8 Å². The summed E-state index contributed by atoms with van der Waals surface area (Å²) >= 11 is 3.93. The van der Waals surface area contributed by atoms with Gasteiger partial charge in [0.2, 0.25) is 5.91 Å². The normalized spacial score (nSPS) is 12.5. The molecule has 0 aliphatic rings. The van der Waals surface area contributed by atoms with Crippen LogP contribution in [0.4, 0.5) is 0 Å². The van der Waals surface area contributed by atoms with Gasteiger partial charge in [0, 0.05) is 0 Å². The van der Waals surface area contributed by atoms with E-state index in [0.717, 1.165) is 0 Å². The van der Waals surface area contributed by atoms with Crippen molar-refractivity contribution in [2.45, 2.75) is 18.7 Å². The molecule has 0 radical (unpaired) electrons. The van der Waals surface area contributed by atoms with Crippen LogP contribution in [0.25, 0.3) is 0 Å². The van der Waals surface area contributed by atoms with Gasteiger partial charge in [0.15, 0.2) is 5.82 Å². The van der Waals surface area contributed by atoms with Gasteiger partial charge in [0.1, 0.15) is 0 Å². The Morgan fingerprint density at radius 3 is 3.15 bits per heavy atom. The first kappa shape index (κ1) is 10.3. The molecular formula is C5H9N5OS2. The average Bonchev–Trinajstić information content (AvgIpc) is 2.65. The first-order valence-electron chi connectivity index (χ1n) is 3.54. The van der Waals surface area contributed by atoms with E-state index in [9.17, 15) is 4.79 Å². The summed E-state index contributed by atoms with van der Waals surface area (Å²) in [6, 6.07) is 0. The van der Waals surface area contributed by atoms with Crippen molar-refractivity contribution in [3.05, 3.63) is 5.82 Å². The number of aromatic amines is 1. The minimum absolute atomic E-state index is 0.0867. The number of nitrogens with zero attached hydrogens (tertiary/aromatic N) is 3. The summed E-state index contributed by atoms with van der Waals surface area (Å²) in [5.41, 5.74) is 0. The summed E-state index contributed by atoms with van der Waals surface area (Å²) in [5, 5.41) is 15.4. The highest BCUT2D eigenvalue weighted by Gasteiger charge is 2.11. The Hall–Kier alpha value is -0.760. The molecular weight excluding hydrogens is 210 g/mol. The fraction of sp³-hybridized carbons (Fsp3) is 0.600. The number of aromatic nitrogens is 4. The molecule has 8 heteroatoms. The van der Waals surface area contributed by atoms with Crippen LogP contribution in [0.3, 0.4) is 0 Å².